The predicted octanol–water partition coefficient (Wildman–Crippen LogP) is 1.35. The van der Waals surface area contributed by atoms with Crippen molar-refractivity contribution in [3.05, 3.63) is 23.9 Å². The maximum atomic E-state index is 6.18. The molecule has 0 radical (unpaired) electrons. The molecular formula is C12H19N5. The largest absolute Gasteiger partial charge is 0.327 e. The lowest BCUT2D eigenvalue weighted by molar-refractivity contribution is 0.317. The van der Waals surface area contributed by atoms with Gasteiger partial charge in [0.2, 0.25) is 0 Å². The van der Waals surface area contributed by atoms with Gasteiger partial charge in [0, 0.05) is 24.9 Å². The van der Waals surface area contributed by atoms with Gasteiger partial charge in [0.25, 0.3) is 0 Å². The van der Waals surface area contributed by atoms with Crippen molar-refractivity contribution in [3.8, 4) is 0 Å². The fraction of sp³-hybridized carbons (Fsp3) is 0.583. The molecule has 0 saturated heterocycles. The average Bonchev–Trinajstić information content (AvgIpc) is 2.60. The van der Waals surface area contributed by atoms with Crippen LogP contribution in [-0.2, 0) is 6.42 Å². The summed E-state index contributed by atoms with van der Waals surface area (Å²) in [5, 5.41) is 8.21. The number of fused-ring (bicyclic) bond motifs is 1. The Kier molecular flexibility index (Phi) is 2.87. The van der Waals surface area contributed by atoms with Crippen LogP contribution in [0.1, 0.15) is 32.3 Å². The zero-order valence-electron chi connectivity index (χ0n) is 10.8. The lowest BCUT2D eigenvalue weighted by Gasteiger charge is -2.26. The highest BCUT2D eigenvalue weighted by Gasteiger charge is 2.22. The summed E-state index contributed by atoms with van der Waals surface area (Å²) >= 11 is 0. The molecule has 2 aromatic rings. The minimum Gasteiger partial charge on any atom is -0.327 e. The highest BCUT2D eigenvalue weighted by atomic mass is 15.2. The maximum Gasteiger partial charge on any atom is 0.182 e. The summed E-state index contributed by atoms with van der Waals surface area (Å²) in [5.41, 5.74) is 7.96. The molecule has 2 heterocycles. The van der Waals surface area contributed by atoms with Crippen molar-refractivity contribution < 1.29 is 0 Å². The monoisotopic (exact) mass is 233 g/mol. The highest BCUT2D eigenvalue weighted by molar-refractivity contribution is 5.43. The fourth-order valence-electron chi connectivity index (χ4n) is 1.65. The third-order valence-corrected chi connectivity index (χ3v) is 3.10. The van der Waals surface area contributed by atoms with Crippen molar-refractivity contribution in [2.45, 2.75) is 40.2 Å². The first-order valence-electron chi connectivity index (χ1n) is 5.80. The minimum atomic E-state index is 0.0539. The second-order valence-electron chi connectivity index (χ2n) is 5.49. The van der Waals surface area contributed by atoms with Gasteiger partial charge in [-0.1, -0.05) is 20.8 Å². The third-order valence-electron chi connectivity index (χ3n) is 3.10. The summed E-state index contributed by atoms with van der Waals surface area (Å²) < 4.78 is 1.94. The van der Waals surface area contributed by atoms with Crippen LogP contribution >= 0.6 is 0 Å². The molecule has 2 aromatic heterocycles. The SMILES string of the molecule is Cc1nnc2c(CC(N)C(C)(C)C)nccn12. The van der Waals surface area contributed by atoms with E-state index in [1.165, 1.54) is 0 Å². The molecule has 0 aliphatic carbocycles. The number of nitrogens with zero attached hydrogens (tertiary/aromatic N) is 4. The molecule has 2 N–H and O–H groups in total. The van der Waals surface area contributed by atoms with Crippen molar-refractivity contribution in [2.75, 3.05) is 0 Å². The van der Waals surface area contributed by atoms with Crippen LogP contribution in [0.25, 0.3) is 5.65 Å². The van der Waals surface area contributed by atoms with E-state index in [9.17, 15) is 0 Å². The molecule has 92 valence electrons. The molecule has 0 saturated carbocycles. The van der Waals surface area contributed by atoms with E-state index in [2.05, 4.69) is 36.0 Å². The van der Waals surface area contributed by atoms with Gasteiger partial charge in [-0.05, 0) is 12.3 Å². The van der Waals surface area contributed by atoms with Gasteiger partial charge in [0.15, 0.2) is 5.65 Å². The third kappa shape index (κ3) is 2.29. The van der Waals surface area contributed by atoms with Gasteiger partial charge in [0.1, 0.15) is 5.82 Å². The van der Waals surface area contributed by atoms with Gasteiger partial charge in [0.05, 0.1) is 5.69 Å². The first-order chi connectivity index (χ1) is 7.89. The molecule has 0 amide bonds. The molecule has 0 aromatic carbocycles. The molecule has 0 aliphatic heterocycles. The maximum absolute atomic E-state index is 6.18. The van der Waals surface area contributed by atoms with E-state index in [1.807, 2.05) is 17.5 Å². The summed E-state index contributed by atoms with van der Waals surface area (Å²) in [7, 11) is 0. The molecular weight excluding hydrogens is 214 g/mol. The van der Waals surface area contributed by atoms with Crippen molar-refractivity contribution in [2.24, 2.45) is 11.1 Å². The zero-order chi connectivity index (χ0) is 12.6. The molecule has 2 rings (SSSR count). The van der Waals surface area contributed by atoms with Crippen LogP contribution in [0.5, 0.6) is 0 Å². The Morgan fingerprint density at radius 2 is 2.06 bits per heavy atom. The predicted molar refractivity (Wildman–Crippen MR) is 66.7 cm³/mol. The van der Waals surface area contributed by atoms with E-state index in [1.54, 1.807) is 6.20 Å². The van der Waals surface area contributed by atoms with Gasteiger partial charge < -0.3 is 5.73 Å². The Labute approximate surface area is 101 Å². The molecule has 0 aliphatic rings. The van der Waals surface area contributed by atoms with Gasteiger partial charge in [-0.3, -0.25) is 9.38 Å². The molecule has 0 spiro atoms. The first kappa shape index (κ1) is 12.0. The topological polar surface area (TPSA) is 69.1 Å². The summed E-state index contributed by atoms with van der Waals surface area (Å²) in [4.78, 5) is 4.37. The highest BCUT2D eigenvalue weighted by Crippen LogP contribution is 2.21. The van der Waals surface area contributed by atoms with Gasteiger partial charge in [-0.25, -0.2) is 0 Å². The van der Waals surface area contributed by atoms with Crippen LogP contribution in [0.2, 0.25) is 0 Å². The average molecular weight is 233 g/mol. The van der Waals surface area contributed by atoms with E-state index in [-0.39, 0.29) is 11.5 Å². The normalized spacial score (nSPS) is 14.2. The summed E-state index contributed by atoms with van der Waals surface area (Å²) in [6.45, 7) is 8.32. The first-order valence-corrected chi connectivity index (χ1v) is 5.80. The van der Waals surface area contributed by atoms with Gasteiger partial charge in [-0.2, -0.15) is 0 Å². The Hall–Kier alpha value is -1.49. The second kappa shape index (κ2) is 4.07. The molecule has 17 heavy (non-hydrogen) atoms. The fourth-order valence-corrected chi connectivity index (χ4v) is 1.65. The number of hydrogen-bond donors (Lipinski definition) is 1. The number of aromatic nitrogens is 4. The number of aryl methyl sites for hydroxylation is 1. The van der Waals surface area contributed by atoms with E-state index in [0.29, 0.717) is 6.42 Å². The van der Waals surface area contributed by atoms with Crippen molar-refractivity contribution in [1.29, 1.82) is 0 Å². The Morgan fingerprint density at radius 3 is 2.71 bits per heavy atom. The Balaban J connectivity index is 2.37. The van der Waals surface area contributed by atoms with E-state index in [4.69, 9.17) is 5.73 Å². The molecule has 0 bridgehead atoms. The van der Waals surface area contributed by atoms with Crippen molar-refractivity contribution in [1.82, 2.24) is 19.6 Å². The van der Waals surface area contributed by atoms with Gasteiger partial charge in [-0.15, -0.1) is 10.2 Å². The van der Waals surface area contributed by atoms with Crippen LogP contribution in [0, 0.1) is 12.3 Å². The van der Waals surface area contributed by atoms with Crippen LogP contribution in [0.4, 0.5) is 0 Å². The second-order valence-corrected chi connectivity index (χ2v) is 5.49. The zero-order valence-corrected chi connectivity index (χ0v) is 10.8. The van der Waals surface area contributed by atoms with Crippen molar-refractivity contribution >= 4 is 5.65 Å². The molecule has 5 nitrogen and oxygen atoms in total. The van der Waals surface area contributed by atoms with Crippen LogP contribution in [-0.4, -0.2) is 25.6 Å². The summed E-state index contributed by atoms with van der Waals surface area (Å²) in [6.07, 6.45) is 4.36. The summed E-state index contributed by atoms with van der Waals surface area (Å²) in [5.74, 6) is 0.869. The number of nitrogens with two attached hydrogens (primary N) is 1. The quantitative estimate of drug-likeness (QED) is 0.850. The smallest absolute Gasteiger partial charge is 0.182 e. The lowest BCUT2D eigenvalue weighted by atomic mass is 9.85. The molecule has 1 atom stereocenters. The Bertz CT molecular complexity index is 523. The molecule has 5 heteroatoms. The molecule has 1 unspecified atom stereocenters. The van der Waals surface area contributed by atoms with E-state index in [0.717, 1.165) is 17.2 Å². The van der Waals surface area contributed by atoms with Crippen LogP contribution < -0.4 is 5.73 Å². The standard InChI is InChI=1S/C12H19N5/c1-8-15-16-11-9(14-5-6-17(8)11)7-10(13)12(2,3)4/h5-6,10H,7,13H2,1-4H3. The number of rotatable bonds is 2. The van der Waals surface area contributed by atoms with Crippen molar-refractivity contribution in [3.63, 3.8) is 0 Å². The van der Waals surface area contributed by atoms with E-state index >= 15 is 0 Å². The van der Waals surface area contributed by atoms with Crippen LogP contribution in [0.3, 0.4) is 0 Å². The summed E-state index contributed by atoms with van der Waals surface area (Å²) in [6, 6.07) is 0.0539. The Morgan fingerprint density at radius 1 is 1.35 bits per heavy atom. The van der Waals surface area contributed by atoms with Gasteiger partial charge >= 0.3 is 0 Å². The lowest BCUT2D eigenvalue weighted by Crippen LogP contribution is -2.37. The minimum absolute atomic E-state index is 0.0539. The van der Waals surface area contributed by atoms with E-state index < -0.39 is 0 Å². The number of hydrogen-bond acceptors (Lipinski definition) is 4. The molecule has 0 fully saturated rings. The van der Waals surface area contributed by atoms with Crippen LogP contribution in [0.15, 0.2) is 12.4 Å².